The summed E-state index contributed by atoms with van der Waals surface area (Å²) in [5.41, 5.74) is 4.40. The van der Waals surface area contributed by atoms with Crippen molar-refractivity contribution in [2.45, 2.75) is 12.0 Å². The lowest BCUT2D eigenvalue weighted by molar-refractivity contribution is -0.140. The Morgan fingerprint density at radius 3 is 2.10 bits per heavy atom. The van der Waals surface area contributed by atoms with Gasteiger partial charge in [0.2, 0.25) is 0 Å². The van der Waals surface area contributed by atoms with E-state index in [0.717, 1.165) is 22.3 Å². The monoisotopic (exact) mass is 437 g/mol. The van der Waals surface area contributed by atoms with Gasteiger partial charge in [0.1, 0.15) is 19.0 Å². The second-order valence-corrected chi connectivity index (χ2v) is 7.56. The maximum atomic E-state index is 12.3. The summed E-state index contributed by atoms with van der Waals surface area (Å²) in [6.45, 7) is -0.147. The second kappa shape index (κ2) is 9.10. The molecule has 1 unspecified atom stereocenters. The number of hydrogen-bond acceptors (Lipinski definition) is 4. The Morgan fingerprint density at radius 2 is 1.52 bits per heavy atom. The first-order valence-corrected chi connectivity index (χ1v) is 10.1. The molecule has 3 aromatic rings. The maximum absolute atomic E-state index is 12.3. The number of nitrogens with one attached hydrogen (secondary N) is 1. The number of benzene rings is 3. The van der Waals surface area contributed by atoms with Crippen molar-refractivity contribution in [2.24, 2.45) is 0 Å². The standard InChI is InChI=1S/C24H20ClNO5/c25-15-9-11-16(12-10-15)30-14-22(23(27)28)26-24(29)31-13-21-19-7-3-1-5-17(19)18-6-2-4-8-20(18)21/h1-12,21-22H,13-14H2,(H,26,29)(H,27,28). The van der Waals surface area contributed by atoms with Crippen LogP contribution in [0.3, 0.4) is 0 Å². The summed E-state index contributed by atoms with van der Waals surface area (Å²) in [7, 11) is 0. The van der Waals surface area contributed by atoms with Crippen molar-refractivity contribution in [2.75, 3.05) is 13.2 Å². The zero-order valence-electron chi connectivity index (χ0n) is 16.5. The fourth-order valence-electron chi connectivity index (χ4n) is 3.67. The van der Waals surface area contributed by atoms with Crippen LogP contribution < -0.4 is 10.1 Å². The molecule has 7 heteroatoms. The summed E-state index contributed by atoms with van der Waals surface area (Å²) in [6.07, 6.45) is -0.811. The van der Waals surface area contributed by atoms with E-state index in [2.05, 4.69) is 5.32 Å². The molecule has 0 spiro atoms. The van der Waals surface area contributed by atoms with Gasteiger partial charge in [-0.1, -0.05) is 60.1 Å². The van der Waals surface area contributed by atoms with Crippen molar-refractivity contribution in [3.05, 3.63) is 88.9 Å². The molecule has 0 radical (unpaired) electrons. The zero-order valence-corrected chi connectivity index (χ0v) is 17.2. The maximum Gasteiger partial charge on any atom is 0.407 e. The molecule has 31 heavy (non-hydrogen) atoms. The summed E-state index contributed by atoms with van der Waals surface area (Å²) in [6, 6.07) is 21.2. The molecular formula is C24H20ClNO5. The normalized spacial score (nSPS) is 13.1. The summed E-state index contributed by atoms with van der Waals surface area (Å²) in [4.78, 5) is 23.9. The number of hydrogen-bond donors (Lipinski definition) is 2. The molecule has 1 aliphatic rings. The SMILES string of the molecule is O=C(NC(COc1ccc(Cl)cc1)C(=O)O)OCC1c2ccccc2-c2ccccc21. The molecule has 3 aromatic carbocycles. The molecule has 1 atom stereocenters. The molecule has 1 amide bonds. The van der Waals surface area contributed by atoms with Gasteiger partial charge in [-0.2, -0.15) is 0 Å². The Hall–Kier alpha value is -3.51. The zero-order chi connectivity index (χ0) is 21.8. The first-order valence-electron chi connectivity index (χ1n) is 9.75. The average molecular weight is 438 g/mol. The summed E-state index contributed by atoms with van der Waals surface area (Å²) >= 11 is 5.82. The van der Waals surface area contributed by atoms with E-state index in [-0.39, 0.29) is 19.1 Å². The fraction of sp³-hybridized carbons (Fsp3) is 0.167. The van der Waals surface area contributed by atoms with E-state index in [0.29, 0.717) is 10.8 Å². The van der Waals surface area contributed by atoms with Crippen molar-refractivity contribution in [3.8, 4) is 16.9 Å². The van der Waals surface area contributed by atoms with Crippen LogP contribution in [0.2, 0.25) is 5.02 Å². The molecule has 0 bridgehead atoms. The third kappa shape index (κ3) is 4.64. The van der Waals surface area contributed by atoms with Gasteiger partial charge in [0, 0.05) is 10.9 Å². The molecule has 158 valence electrons. The van der Waals surface area contributed by atoms with Gasteiger partial charge in [0.25, 0.3) is 0 Å². The molecule has 0 fully saturated rings. The predicted octanol–water partition coefficient (Wildman–Crippen LogP) is 4.71. The number of rotatable bonds is 7. The van der Waals surface area contributed by atoms with Crippen molar-refractivity contribution >= 4 is 23.7 Å². The molecule has 6 nitrogen and oxygen atoms in total. The number of fused-ring (bicyclic) bond motifs is 3. The Bertz CT molecular complexity index is 1050. The Kier molecular flexibility index (Phi) is 6.09. The van der Waals surface area contributed by atoms with Crippen LogP contribution in [0.4, 0.5) is 4.79 Å². The lowest BCUT2D eigenvalue weighted by atomic mass is 9.98. The highest BCUT2D eigenvalue weighted by atomic mass is 35.5. The van der Waals surface area contributed by atoms with Gasteiger partial charge in [0.15, 0.2) is 6.04 Å². The van der Waals surface area contributed by atoms with Crippen molar-refractivity contribution in [1.29, 1.82) is 0 Å². The van der Waals surface area contributed by atoms with E-state index in [1.165, 1.54) is 0 Å². The number of carbonyl (C=O) groups is 2. The fourth-order valence-corrected chi connectivity index (χ4v) is 3.79. The molecule has 0 saturated carbocycles. The third-order valence-corrected chi connectivity index (χ3v) is 5.42. The van der Waals surface area contributed by atoms with Crippen molar-refractivity contribution in [1.82, 2.24) is 5.32 Å². The minimum atomic E-state index is -1.26. The lowest BCUT2D eigenvalue weighted by Crippen LogP contribution is -2.45. The first kappa shape index (κ1) is 20.8. The van der Waals surface area contributed by atoms with Gasteiger partial charge in [-0.25, -0.2) is 9.59 Å². The minimum absolute atomic E-state index is 0.101. The van der Waals surface area contributed by atoms with Gasteiger partial charge < -0.3 is 19.9 Å². The van der Waals surface area contributed by atoms with E-state index >= 15 is 0 Å². The number of carboxylic acid groups (broad SMARTS) is 1. The Balaban J connectivity index is 1.38. The lowest BCUT2D eigenvalue weighted by Gasteiger charge is -2.18. The van der Waals surface area contributed by atoms with E-state index in [9.17, 15) is 14.7 Å². The number of carbonyl (C=O) groups excluding carboxylic acids is 1. The molecule has 0 heterocycles. The van der Waals surface area contributed by atoms with Crippen LogP contribution in [0, 0.1) is 0 Å². The minimum Gasteiger partial charge on any atom is -0.491 e. The smallest absolute Gasteiger partial charge is 0.407 e. The summed E-state index contributed by atoms with van der Waals surface area (Å²) in [5, 5.41) is 12.3. The van der Waals surface area contributed by atoms with E-state index in [1.807, 2.05) is 48.5 Å². The second-order valence-electron chi connectivity index (χ2n) is 7.13. The molecule has 4 rings (SSSR count). The van der Waals surface area contributed by atoms with Crippen LogP contribution in [-0.2, 0) is 9.53 Å². The number of amides is 1. The van der Waals surface area contributed by atoms with Gasteiger partial charge in [-0.05, 0) is 46.5 Å². The van der Waals surface area contributed by atoms with E-state index < -0.39 is 18.1 Å². The predicted molar refractivity (Wildman–Crippen MR) is 117 cm³/mol. The first-order chi connectivity index (χ1) is 15.0. The average Bonchev–Trinajstić information content (AvgIpc) is 3.10. The van der Waals surface area contributed by atoms with Crippen LogP contribution >= 0.6 is 11.6 Å². The highest BCUT2D eigenvalue weighted by Crippen LogP contribution is 2.44. The van der Waals surface area contributed by atoms with Crippen LogP contribution in [-0.4, -0.2) is 36.4 Å². The number of ether oxygens (including phenoxy) is 2. The highest BCUT2D eigenvalue weighted by Gasteiger charge is 2.29. The number of halogens is 1. The Labute approximate surface area is 184 Å². The third-order valence-electron chi connectivity index (χ3n) is 5.16. The molecule has 0 aromatic heterocycles. The highest BCUT2D eigenvalue weighted by molar-refractivity contribution is 6.30. The molecule has 0 aliphatic heterocycles. The molecule has 2 N–H and O–H groups in total. The Morgan fingerprint density at radius 1 is 0.935 bits per heavy atom. The van der Waals surface area contributed by atoms with E-state index in [4.69, 9.17) is 21.1 Å². The van der Waals surface area contributed by atoms with E-state index in [1.54, 1.807) is 24.3 Å². The number of alkyl carbamates (subject to hydrolysis) is 1. The van der Waals surface area contributed by atoms with Gasteiger partial charge in [-0.3, -0.25) is 0 Å². The molecular weight excluding hydrogens is 418 g/mol. The molecule has 1 aliphatic carbocycles. The summed E-state index contributed by atoms with van der Waals surface area (Å²) < 4.78 is 10.8. The quantitative estimate of drug-likeness (QED) is 0.559. The van der Waals surface area contributed by atoms with Crippen LogP contribution in [0.25, 0.3) is 11.1 Å². The largest absolute Gasteiger partial charge is 0.491 e. The van der Waals surface area contributed by atoms with Crippen LogP contribution in [0.5, 0.6) is 5.75 Å². The van der Waals surface area contributed by atoms with Gasteiger partial charge in [-0.15, -0.1) is 0 Å². The summed E-state index contributed by atoms with van der Waals surface area (Å²) in [5.74, 6) is -0.876. The van der Waals surface area contributed by atoms with Crippen LogP contribution in [0.15, 0.2) is 72.8 Å². The van der Waals surface area contributed by atoms with Crippen molar-refractivity contribution < 1.29 is 24.2 Å². The topological polar surface area (TPSA) is 84.9 Å². The number of aliphatic carboxylic acids is 1. The van der Waals surface area contributed by atoms with Gasteiger partial charge >= 0.3 is 12.1 Å². The molecule has 0 saturated heterocycles. The van der Waals surface area contributed by atoms with Crippen molar-refractivity contribution in [3.63, 3.8) is 0 Å². The van der Waals surface area contributed by atoms with Gasteiger partial charge in [0.05, 0.1) is 0 Å². The number of carboxylic acids is 1. The van der Waals surface area contributed by atoms with Crippen LogP contribution in [0.1, 0.15) is 17.0 Å².